The van der Waals surface area contributed by atoms with Gasteiger partial charge in [-0.05, 0) is 18.2 Å². The van der Waals surface area contributed by atoms with Crippen molar-refractivity contribution in [2.24, 2.45) is 0 Å². The van der Waals surface area contributed by atoms with E-state index < -0.39 is 5.82 Å². The number of rotatable bonds is 3. The van der Waals surface area contributed by atoms with Crippen LogP contribution in [0.3, 0.4) is 0 Å². The predicted octanol–water partition coefficient (Wildman–Crippen LogP) is 0.754. The van der Waals surface area contributed by atoms with E-state index in [4.69, 9.17) is 5.11 Å². The van der Waals surface area contributed by atoms with Crippen molar-refractivity contribution >= 4 is 11.6 Å². The van der Waals surface area contributed by atoms with Crippen molar-refractivity contribution in [3.8, 4) is 11.8 Å². The number of benzene rings is 1. The lowest BCUT2D eigenvalue weighted by Crippen LogP contribution is -2.17. The third-order valence-corrected chi connectivity index (χ3v) is 1.83. The van der Waals surface area contributed by atoms with Crippen molar-refractivity contribution in [3.05, 3.63) is 29.6 Å². The maximum Gasteiger partial charge on any atom is 0.250 e. The van der Waals surface area contributed by atoms with Crippen LogP contribution in [-0.4, -0.2) is 31.3 Å². The highest BCUT2D eigenvalue weighted by Crippen LogP contribution is 2.13. The minimum Gasteiger partial charge on any atom is -0.384 e. The molecule has 0 fully saturated rings. The maximum absolute atomic E-state index is 13.3. The van der Waals surface area contributed by atoms with E-state index in [9.17, 15) is 9.18 Å². The molecule has 0 saturated carbocycles. The molecule has 17 heavy (non-hydrogen) atoms. The number of methoxy groups -OCH3 is 1. The fourth-order valence-electron chi connectivity index (χ4n) is 1.16. The second kappa shape index (κ2) is 6.63. The number of carbonyl (C=O) groups excluding carboxylic acids is 1. The van der Waals surface area contributed by atoms with Gasteiger partial charge in [-0.1, -0.05) is 11.8 Å². The second-order valence-corrected chi connectivity index (χ2v) is 3.14. The van der Waals surface area contributed by atoms with Gasteiger partial charge in [-0.2, -0.15) is 0 Å². The Morgan fingerprint density at radius 3 is 3.00 bits per heavy atom. The average molecular weight is 237 g/mol. The minimum absolute atomic E-state index is 0.0744. The van der Waals surface area contributed by atoms with Crippen molar-refractivity contribution in [1.29, 1.82) is 0 Å². The van der Waals surface area contributed by atoms with Crippen LogP contribution >= 0.6 is 0 Å². The van der Waals surface area contributed by atoms with Gasteiger partial charge in [0.25, 0.3) is 0 Å². The summed E-state index contributed by atoms with van der Waals surface area (Å²) in [5.74, 6) is 3.95. The number of anilines is 1. The summed E-state index contributed by atoms with van der Waals surface area (Å²) < 4.78 is 17.9. The molecule has 90 valence electrons. The lowest BCUT2D eigenvalue weighted by molar-refractivity contribution is -0.119. The summed E-state index contributed by atoms with van der Waals surface area (Å²) in [7, 11) is 1.41. The zero-order chi connectivity index (χ0) is 12.7. The lowest BCUT2D eigenvalue weighted by Gasteiger charge is -2.05. The smallest absolute Gasteiger partial charge is 0.250 e. The van der Waals surface area contributed by atoms with E-state index in [1.54, 1.807) is 0 Å². The Kier molecular flexibility index (Phi) is 5.14. The van der Waals surface area contributed by atoms with Crippen molar-refractivity contribution in [1.82, 2.24) is 0 Å². The molecule has 1 rings (SSSR count). The molecule has 2 N–H and O–H groups in total. The van der Waals surface area contributed by atoms with Crippen LogP contribution in [0.25, 0.3) is 0 Å². The number of halogens is 1. The van der Waals surface area contributed by atoms with Gasteiger partial charge >= 0.3 is 0 Å². The molecule has 5 heteroatoms. The SMILES string of the molecule is COCC(=O)Nc1ccc(F)c(C#CCO)c1. The van der Waals surface area contributed by atoms with Crippen LogP contribution in [-0.2, 0) is 9.53 Å². The molecule has 0 bridgehead atoms. The molecule has 0 heterocycles. The van der Waals surface area contributed by atoms with Gasteiger partial charge in [0.1, 0.15) is 19.0 Å². The van der Waals surface area contributed by atoms with Gasteiger partial charge < -0.3 is 15.2 Å². The minimum atomic E-state index is -0.504. The van der Waals surface area contributed by atoms with E-state index in [1.807, 2.05) is 0 Å². The molecule has 0 spiro atoms. The predicted molar refractivity (Wildman–Crippen MR) is 60.9 cm³/mol. The molecule has 0 atom stereocenters. The summed E-state index contributed by atoms with van der Waals surface area (Å²) in [5.41, 5.74) is 0.546. The Morgan fingerprint density at radius 1 is 1.59 bits per heavy atom. The van der Waals surface area contributed by atoms with Crippen molar-refractivity contribution in [2.45, 2.75) is 0 Å². The van der Waals surface area contributed by atoms with Crippen LogP contribution in [0.4, 0.5) is 10.1 Å². The Bertz CT molecular complexity index is 463. The highest BCUT2D eigenvalue weighted by molar-refractivity contribution is 5.91. The first-order valence-corrected chi connectivity index (χ1v) is 4.85. The number of carbonyl (C=O) groups is 1. The zero-order valence-electron chi connectivity index (χ0n) is 9.29. The monoisotopic (exact) mass is 237 g/mol. The summed E-state index contributed by atoms with van der Waals surface area (Å²) >= 11 is 0. The number of nitrogens with one attached hydrogen (secondary N) is 1. The average Bonchev–Trinajstić information content (AvgIpc) is 2.30. The summed E-state index contributed by atoms with van der Waals surface area (Å²) in [4.78, 5) is 11.2. The number of hydrogen-bond donors (Lipinski definition) is 2. The Labute approximate surface area is 98.4 Å². The van der Waals surface area contributed by atoms with Gasteiger partial charge in [0.2, 0.25) is 5.91 Å². The number of amides is 1. The van der Waals surface area contributed by atoms with E-state index in [0.717, 1.165) is 0 Å². The van der Waals surface area contributed by atoms with Crippen LogP contribution < -0.4 is 5.32 Å². The molecule has 0 saturated heterocycles. The Morgan fingerprint density at radius 2 is 2.35 bits per heavy atom. The van der Waals surface area contributed by atoms with Gasteiger partial charge in [0, 0.05) is 12.8 Å². The molecule has 0 unspecified atom stereocenters. The Balaban J connectivity index is 2.85. The molecule has 0 aliphatic rings. The largest absolute Gasteiger partial charge is 0.384 e. The van der Waals surface area contributed by atoms with Crippen LogP contribution in [0, 0.1) is 17.7 Å². The maximum atomic E-state index is 13.3. The summed E-state index contributed by atoms with van der Waals surface area (Å²) in [6.45, 7) is -0.422. The van der Waals surface area contributed by atoms with Crippen LogP contribution in [0.1, 0.15) is 5.56 Å². The normalized spacial score (nSPS) is 9.35. The van der Waals surface area contributed by atoms with Crippen LogP contribution in [0.5, 0.6) is 0 Å². The highest BCUT2D eigenvalue weighted by Gasteiger charge is 2.04. The molecule has 1 amide bonds. The van der Waals surface area contributed by atoms with E-state index in [-0.39, 0.29) is 24.7 Å². The summed E-state index contributed by atoms with van der Waals surface area (Å²) in [6, 6.07) is 4.02. The highest BCUT2D eigenvalue weighted by atomic mass is 19.1. The molecule has 1 aromatic rings. The Hall–Kier alpha value is -1.90. The van der Waals surface area contributed by atoms with Gasteiger partial charge in [0.05, 0.1) is 5.56 Å². The third-order valence-electron chi connectivity index (χ3n) is 1.83. The first-order valence-electron chi connectivity index (χ1n) is 4.85. The third kappa shape index (κ3) is 4.23. The van der Waals surface area contributed by atoms with E-state index >= 15 is 0 Å². The van der Waals surface area contributed by atoms with Gasteiger partial charge in [-0.3, -0.25) is 4.79 Å². The molecule has 0 radical (unpaired) electrons. The first-order chi connectivity index (χ1) is 8.17. The van der Waals surface area contributed by atoms with Gasteiger partial charge in [-0.25, -0.2) is 4.39 Å². The lowest BCUT2D eigenvalue weighted by atomic mass is 10.2. The standard InChI is InChI=1S/C12H12FNO3/c1-17-8-12(16)14-10-4-5-11(13)9(7-10)3-2-6-15/h4-5,7,15H,6,8H2,1H3,(H,14,16). The molecular weight excluding hydrogens is 225 g/mol. The van der Waals surface area contributed by atoms with Gasteiger partial charge in [0.15, 0.2) is 0 Å². The van der Waals surface area contributed by atoms with Gasteiger partial charge in [-0.15, -0.1) is 0 Å². The first kappa shape index (κ1) is 13.2. The van der Waals surface area contributed by atoms with Crippen molar-refractivity contribution in [3.63, 3.8) is 0 Å². The fourth-order valence-corrected chi connectivity index (χ4v) is 1.16. The molecule has 1 aromatic carbocycles. The van der Waals surface area contributed by atoms with Crippen molar-refractivity contribution in [2.75, 3.05) is 25.6 Å². The van der Waals surface area contributed by atoms with Crippen LogP contribution in [0.15, 0.2) is 18.2 Å². The molecule has 4 nitrogen and oxygen atoms in total. The molecule has 0 aromatic heterocycles. The number of hydrogen-bond acceptors (Lipinski definition) is 3. The topological polar surface area (TPSA) is 58.6 Å². The molecule has 0 aliphatic carbocycles. The quantitative estimate of drug-likeness (QED) is 0.763. The van der Waals surface area contributed by atoms with E-state index in [1.165, 1.54) is 25.3 Å². The molecular formula is C12H12FNO3. The number of aliphatic hydroxyl groups is 1. The van der Waals surface area contributed by atoms with E-state index in [0.29, 0.717) is 5.69 Å². The molecule has 0 aliphatic heterocycles. The van der Waals surface area contributed by atoms with E-state index in [2.05, 4.69) is 21.9 Å². The van der Waals surface area contributed by atoms with Crippen LogP contribution in [0.2, 0.25) is 0 Å². The summed E-state index contributed by atoms with van der Waals surface area (Å²) in [6.07, 6.45) is 0. The number of aliphatic hydroxyl groups excluding tert-OH is 1. The van der Waals surface area contributed by atoms with Crippen molar-refractivity contribution < 1.29 is 19.0 Å². The fraction of sp³-hybridized carbons (Fsp3) is 0.250. The number of ether oxygens (including phenoxy) is 1. The zero-order valence-corrected chi connectivity index (χ0v) is 9.29. The summed E-state index contributed by atoms with van der Waals surface area (Å²) in [5, 5.41) is 11.0. The second-order valence-electron chi connectivity index (χ2n) is 3.14.